The highest BCUT2D eigenvalue weighted by Crippen LogP contribution is 2.24. The zero-order valence-corrected chi connectivity index (χ0v) is 16.4. The second-order valence-corrected chi connectivity index (χ2v) is 7.50. The van der Waals surface area contributed by atoms with Crippen molar-refractivity contribution in [3.8, 4) is 0 Å². The third-order valence-corrected chi connectivity index (χ3v) is 5.10. The number of rotatable bonds is 8. The summed E-state index contributed by atoms with van der Waals surface area (Å²) in [6, 6.07) is 19.1. The number of anilines is 1. The van der Waals surface area contributed by atoms with Gasteiger partial charge in [0, 0.05) is 24.9 Å². The lowest BCUT2D eigenvalue weighted by atomic mass is 9.98. The Morgan fingerprint density at radius 3 is 2.39 bits per heavy atom. The average molecular weight is 395 g/mol. The number of amides is 2. The maximum atomic E-state index is 12.1. The highest BCUT2D eigenvalue weighted by Gasteiger charge is 2.13. The molecule has 3 aromatic rings. The summed E-state index contributed by atoms with van der Waals surface area (Å²) in [5, 5.41) is 15.0. The largest absolute Gasteiger partial charge is 0.352 e. The van der Waals surface area contributed by atoms with Crippen molar-refractivity contribution in [1.29, 1.82) is 0 Å². The van der Waals surface area contributed by atoms with E-state index < -0.39 is 0 Å². The minimum atomic E-state index is -0.202. The van der Waals surface area contributed by atoms with E-state index in [-0.39, 0.29) is 24.8 Å². The van der Waals surface area contributed by atoms with Gasteiger partial charge in [0.1, 0.15) is 5.01 Å². The summed E-state index contributed by atoms with van der Waals surface area (Å²) < 4.78 is 0. The standard InChI is InChI=1S/C21H22N4O2S/c1-15(16-8-4-2-5-9-16)14-19-24-25-21(28-19)23-18(26)12-13-22-20(27)17-10-6-3-7-11-17/h2-11,15H,12-14H2,1H3,(H,22,27)(H,23,25,26). The molecule has 0 bridgehead atoms. The van der Waals surface area contributed by atoms with E-state index in [0.29, 0.717) is 16.6 Å². The van der Waals surface area contributed by atoms with Gasteiger partial charge >= 0.3 is 0 Å². The third-order valence-electron chi connectivity index (χ3n) is 4.24. The summed E-state index contributed by atoms with van der Waals surface area (Å²) in [7, 11) is 0. The predicted molar refractivity (Wildman–Crippen MR) is 110 cm³/mol. The molecule has 1 heterocycles. The second kappa shape index (κ2) is 9.75. The smallest absolute Gasteiger partial charge is 0.251 e. The summed E-state index contributed by atoms with van der Waals surface area (Å²) >= 11 is 1.38. The number of benzene rings is 2. The average Bonchev–Trinajstić information content (AvgIpc) is 3.15. The SMILES string of the molecule is CC(Cc1nnc(NC(=O)CCNC(=O)c2ccccc2)s1)c1ccccc1. The molecule has 0 fully saturated rings. The number of nitrogens with one attached hydrogen (secondary N) is 2. The van der Waals surface area contributed by atoms with Crippen molar-refractivity contribution in [3.63, 3.8) is 0 Å². The first-order valence-electron chi connectivity index (χ1n) is 9.12. The van der Waals surface area contributed by atoms with Crippen molar-refractivity contribution in [3.05, 3.63) is 76.8 Å². The van der Waals surface area contributed by atoms with Crippen LogP contribution in [0.3, 0.4) is 0 Å². The van der Waals surface area contributed by atoms with Crippen molar-refractivity contribution in [2.45, 2.75) is 25.7 Å². The van der Waals surface area contributed by atoms with E-state index in [4.69, 9.17) is 0 Å². The van der Waals surface area contributed by atoms with Crippen LogP contribution in [0, 0.1) is 0 Å². The first-order chi connectivity index (χ1) is 13.6. The maximum absolute atomic E-state index is 12.1. The predicted octanol–water partition coefficient (Wildman–Crippen LogP) is 3.64. The summed E-state index contributed by atoms with van der Waals surface area (Å²) in [5.41, 5.74) is 1.82. The molecular weight excluding hydrogens is 372 g/mol. The lowest BCUT2D eigenvalue weighted by molar-refractivity contribution is -0.116. The van der Waals surface area contributed by atoms with E-state index in [0.717, 1.165) is 11.4 Å². The van der Waals surface area contributed by atoms with Crippen molar-refractivity contribution < 1.29 is 9.59 Å². The van der Waals surface area contributed by atoms with Gasteiger partial charge in [0.2, 0.25) is 11.0 Å². The lowest BCUT2D eigenvalue weighted by Crippen LogP contribution is -2.27. The Kier molecular flexibility index (Phi) is 6.86. The molecule has 3 rings (SSSR count). The van der Waals surface area contributed by atoms with E-state index >= 15 is 0 Å². The number of carbonyl (C=O) groups excluding carboxylic acids is 2. The van der Waals surface area contributed by atoms with Gasteiger partial charge in [-0.2, -0.15) is 0 Å². The molecule has 0 spiro atoms. The molecule has 1 unspecified atom stereocenters. The molecule has 0 saturated carbocycles. The second-order valence-electron chi connectivity index (χ2n) is 6.44. The molecule has 2 aromatic carbocycles. The number of nitrogens with zero attached hydrogens (tertiary/aromatic N) is 2. The molecule has 0 aliphatic rings. The zero-order chi connectivity index (χ0) is 19.8. The Hall–Kier alpha value is -3.06. The normalized spacial score (nSPS) is 11.6. The fraction of sp³-hybridized carbons (Fsp3) is 0.238. The monoisotopic (exact) mass is 394 g/mol. The van der Waals surface area contributed by atoms with Gasteiger partial charge in [-0.1, -0.05) is 66.8 Å². The first kappa shape index (κ1) is 19.7. The van der Waals surface area contributed by atoms with Gasteiger partial charge in [0.15, 0.2) is 0 Å². The van der Waals surface area contributed by atoms with Gasteiger partial charge in [0.05, 0.1) is 0 Å². The van der Waals surface area contributed by atoms with Gasteiger partial charge in [-0.3, -0.25) is 9.59 Å². The maximum Gasteiger partial charge on any atom is 0.251 e. The number of hydrogen-bond acceptors (Lipinski definition) is 5. The quantitative estimate of drug-likeness (QED) is 0.611. The topological polar surface area (TPSA) is 84.0 Å². The molecule has 2 N–H and O–H groups in total. The molecule has 1 aromatic heterocycles. The van der Waals surface area contributed by atoms with Crippen LogP contribution in [0.15, 0.2) is 60.7 Å². The molecule has 1 atom stereocenters. The summed E-state index contributed by atoms with van der Waals surface area (Å²) in [6.45, 7) is 2.40. The molecule has 2 amide bonds. The van der Waals surface area contributed by atoms with Gasteiger partial charge in [-0.25, -0.2) is 0 Å². The van der Waals surface area contributed by atoms with Crippen LogP contribution in [0.4, 0.5) is 5.13 Å². The van der Waals surface area contributed by atoms with Crippen LogP contribution in [-0.2, 0) is 11.2 Å². The highest BCUT2D eigenvalue weighted by molar-refractivity contribution is 7.15. The van der Waals surface area contributed by atoms with Crippen LogP contribution in [0.1, 0.15) is 40.2 Å². The van der Waals surface area contributed by atoms with Crippen LogP contribution in [-0.4, -0.2) is 28.6 Å². The Bertz CT molecular complexity index is 912. The molecule has 144 valence electrons. The highest BCUT2D eigenvalue weighted by atomic mass is 32.1. The molecule has 0 aliphatic heterocycles. The lowest BCUT2D eigenvalue weighted by Gasteiger charge is -2.08. The molecule has 0 aliphatic carbocycles. The number of hydrogen-bond donors (Lipinski definition) is 2. The van der Waals surface area contributed by atoms with E-state index in [1.54, 1.807) is 24.3 Å². The van der Waals surface area contributed by atoms with Crippen LogP contribution >= 0.6 is 11.3 Å². The van der Waals surface area contributed by atoms with E-state index in [2.05, 4.69) is 39.9 Å². The van der Waals surface area contributed by atoms with Crippen molar-refractivity contribution in [1.82, 2.24) is 15.5 Å². The molecule has 7 heteroatoms. The van der Waals surface area contributed by atoms with Gasteiger partial charge in [-0.05, 0) is 23.6 Å². The van der Waals surface area contributed by atoms with E-state index in [1.165, 1.54) is 16.9 Å². The van der Waals surface area contributed by atoms with Crippen molar-refractivity contribution >= 4 is 28.3 Å². The molecular formula is C21H22N4O2S. The number of aromatic nitrogens is 2. The van der Waals surface area contributed by atoms with Crippen molar-refractivity contribution in [2.75, 3.05) is 11.9 Å². The summed E-state index contributed by atoms with van der Waals surface area (Å²) in [5.74, 6) is -0.0698. The zero-order valence-electron chi connectivity index (χ0n) is 15.6. The van der Waals surface area contributed by atoms with Gasteiger partial charge < -0.3 is 10.6 Å². The molecule has 0 saturated heterocycles. The van der Waals surface area contributed by atoms with Crippen LogP contribution < -0.4 is 10.6 Å². The fourth-order valence-electron chi connectivity index (χ4n) is 2.71. The van der Waals surface area contributed by atoms with Crippen molar-refractivity contribution in [2.24, 2.45) is 0 Å². The summed E-state index contributed by atoms with van der Waals surface area (Å²) in [4.78, 5) is 24.0. The Balaban J connectivity index is 1.43. The number of carbonyl (C=O) groups is 2. The minimum absolute atomic E-state index is 0.175. The Morgan fingerprint density at radius 1 is 1.00 bits per heavy atom. The third kappa shape index (κ3) is 5.72. The van der Waals surface area contributed by atoms with Gasteiger partial charge in [0.25, 0.3) is 5.91 Å². The fourth-order valence-corrected chi connectivity index (χ4v) is 3.60. The van der Waals surface area contributed by atoms with Crippen LogP contribution in [0.25, 0.3) is 0 Å². The van der Waals surface area contributed by atoms with E-state index in [1.807, 2.05) is 24.3 Å². The Labute approximate surface area is 168 Å². The van der Waals surface area contributed by atoms with E-state index in [9.17, 15) is 9.59 Å². The molecule has 28 heavy (non-hydrogen) atoms. The first-order valence-corrected chi connectivity index (χ1v) is 9.94. The summed E-state index contributed by atoms with van der Waals surface area (Å²) in [6.07, 6.45) is 0.943. The minimum Gasteiger partial charge on any atom is -0.352 e. The van der Waals surface area contributed by atoms with Gasteiger partial charge in [-0.15, -0.1) is 10.2 Å². The molecule has 6 nitrogen and oxygen atoms in total. The van der Waals surface area contributed by atoms with Crippen LogP contribution in [0.5, 0.6) is 0 Å². The molecule has 0 radical (unpaired) electrons. The Morgan fingerprint density at radius 2 is 1.68 bits per heavy atom. The van der Waals surface area contributed by atoms with Crippen LogP contribution in [0.2, 0.25) is 0 Å².